The summed E-state index contributed by atoms with van der Waals surface area (Å²) in [5.41, 5.74) is 3.73. The van der Waals surface area contributed by atoms with E-state index in [1.54, 1.807) is 24.4 Å². The fourth-order valence-electron chi connectivity index (χ4n) is 3.63. The van der Waals surface area contributed by atoms with E-state index in [-0.39, 0.29) is 24.8 Å². The third-order valence-electron chi connectivity index (χ3n) is 5.45. The van der Waals surface area contributed by atoms with Crippen LogP contribution in [0, 0.1) is 12.3 Å². The van der Waals surface area contributed by atoms with Crippen molar-refractivity contribution in [2.45, 2.75) is 33.1 Å². The van der Waals surface area contributed by atoms with E-state index >= 15 is 0 Å². The van der Waals surface area contributed by atoms with Crippen LogP contribution in [0.4, 0.5) is 5.13 Å². The van der Waals surface area contributed by atoms with Gasteiger partial charge in [0, 0.05) is 16.3 Å². The van der Waals surface area contributed by atoms with Crippen molar-refractivity contribution in [1.82, 2.24) is 15.0 Å². The average molecular weight is 515 g/mol. The Kier molecular flexibility index (Phi) is 8.11. The molecule has 2 aromatic heterocycles. The van der Waals surface area contributed by atoms with E-state index in [4.69, 9.17) is 15.9 Å². The molecule has 8 nitrogen and oxygen atoms in total. The van der Waals surface area contributed by atoms with Crippen LogP contribution in [0.3, 0.4) is 0 Å². The lowest BCUT2D eigenvalue weighted by Gasteiger charge is -2.12. The molecule has 37 heavy (non-hydrogen) atoms. The van der Waals surface area contributed by atoms with Gasteiger partial charge in [0.2, 0.25) is 5.82 Å². The van der Waals surface area contributed by atoms with Crippen molar-refractivity contribution < 1.29 is 19.1 Å². The maximum absolute atomic E-state index is 13.1. The lowest BCUT2D eigenvalue weighted by atomic mass is 9.99. The van der Waals surface area contributed by atoms with Gasteiger partial charge in [-0.15, -0.1) is 17.8 Å². The normalized spacial score (nSPS) is 10.8. The lowest BCUT2D eigenvalue weighted by molar-refractivity contribution is -0.142. The molecule has 0 aliphatic rings. The number of nitrogens with one attached hydrogen (secondary N) is 1. The first kappa shape index (κ1) is 25.8. The molecule has 0 aliphatic carbocycles. The van der Waals surface area contributed by atoms with Crippen molar-refractivity contribution in [3.63, 3.8) is 0 Å². The summed E-state index contributed by atoms with van der Waals surface area (Å²) in [6.07, 6.45) is 5.37. The van der Waals surface area contributed by atoms with Crippen LogP contribution in [0.1, 0.15) is 48.6 Å². The summed E-state index contributed by atoms with van der Waals surface area (Å²) >= 11 is 1.21. The second-order valence-electron chi connectivity index (χ2n) is 8.42. The molecule has 0 aliphatic heterocycles. The van der Waals surface area contributed by atoms with Gasteiger partial charge in [-0.1, -0.05) is 44.0 Å². The zero-order valence-corrected chi connectivity index (χ0v) is 21.6. The number of hydrogen-bond donors (Lipinski definition) is 1. The van der Waals surface area contributed by atoms with Crippen LogP contribution in [0.5, 0.6) is 5.75 Å². The molecule has 0 atom stereocenters. The molecule has 188 valence electrons. The fourth-order valence-corrected chi connectivity index (χ4v) is 4.33. The third kappa shape index (κ3) is 6.29. The molecule has 9 heteroatoms. The molecule has 0 saturated carbocycles. The molecular weight excluding hydrogens is 488 g/mol. The van der Waals surface area contributed by atoms with Gasteiger partial charge >= 0.3 is 5.97 Å². The maximum Gasteiger partial charge on any atom is 0.311 e. The second kappa shape index (κ2) is 11.6. The number of benzene rings is 2. The number of rotatable bonds is 9. The number of anilines is 1. The number of carbonyl (C=O) groups is 2. The predicted molar refractivity (Wildman–Crippen MR) is 144 cm³/mol. The minimum Gasteiger partial charge on any atom is -0.481 e. The number of hydrogen-bond acceptors (Lipinski definition) is 8. The first-order valence-electron chi connectivity index (χ1n) is 11.8. The highest BCUT2D eigenvalue weighted by molar-refractivity contribution is 7.14. The topological polar surface area (TPSA) is 103 Å². The highest BCUT2D eigenvalue weighted by Crippen LogP contribution is 2.30. The summed E-state index contributed by atoms with van der Waals surface area (Å²) in [6, 6.07) is 13.4. The van der Waals surface area contributed by atoms with E-state index < -0.39 is 5.91 Å². The minimum absolute atomic E-state index is 0.00475. The number of amides is 1. The Morgan fingerprint density at radius 1 is 1.11 bits per heavy atom. The summed E-state index contributed by atoms with van der Waals surface area (Å²) in [5.74, 6) is 2.54. The Labute approximate surface area is 219 Å². The summed E-state index contributed by atoms with van der Waals surface area (Å²) in [5, 5.41) is 5.51. The van der Waals surface area contributed by atoms with Gasteiger partial charge < -0.3 is 9.47 Å². The largest absolute Gasteiger partial charge is 0.481 e. The lowest BCUT2D eigenvalue weighted by Crippen LogP contribution is -2.16. The molecule has 0 bridgehead atoms. The second-order valence-corrected chi connectivity index (χ2v) is 9.28. The summed E-state index contributed by atoms with van der Waals surface area (Å²) in [7, 11) is 0. The van der Waals surface area contributed by atoms with Gasteiger partial charge in [0.15, 0.2) is 5.13 Å². The highest BCUT2D eigenvalue weighted by atomic mass is 32.1. The van der Waals surface area contributed by atoms with E-state index in [9.17, 15) is 9.59 Å². The number of esters is 1. The zero-order chi connectivity index (χ0) is 26.4. The van der Waals surface area contributed by atoms with Crippen molar-refractivity contribution in [2.75, 3.05) is 18.5 Å². The Bertz CT molecular complexity index is 1470. The van der Waals surface area contributed by atoms with E-state index in [0.717, 1.165) is 10.9 Å². The summed E-state index contributed by atoms with van der Waals surface area (Å²) < 4.78 is 10.5. The maximum atomic E-state index is 13.1. The molecule has 4 rings (SSSR count). The van der Waals surface area contributed by atoms with Crippen molar-refractivity contribution in [3.05, 3.63) is 64.9 Å². The third-order valence-corrected chi connectivity index (χ3v) is 6.25. The van der Waals surface area contributed by atoms with Crippen LogP contribution in [0.2, 0.25) is 0 Å². The van der Waals surface area contributed by atoms with E-state index in [2.05, 4.69) is 40.0 Å². The van der Waals surface area contributed by atoms with Gasteiger partial charge in [0.25, 0.3) is 5.91 Å². The van der Waals surface area contributed by atoms with Crippen LogP contribution in [-0.4, -0.2) is 40.0 Å². The van der Waals surface area contributed by atoms with Gasteiger partial charge in [-0.2, -0.15) is 0 Å². The van der Waals surface area contributed by atoms with Crippen molar-refractivity contribution >= 4 is 39.2 Å². The minimum atomic E-state index is -0.508. The summed E-state index contributed by atoms with van der Waals surface area (Å²) in [4.78, 5) is 38.3. The van der Waals surface area contributed by atoms with Crippen molar-refractivity contribution in [1.29, 1.82) is 0 Å². The highest BCUT2D eigenvalue weighted by Gasteiger charge is 2.18. The van der Waals surface area contributed by atoms with Gasteiger partial charge in [0.1, 0.15) is 12.4 Å². The number of fused-ring (bicyclic) bond motifs is 1. The van der Waals surface area contributed by atoms with Crippen LogP contribution >= 0.6 is 11.3 Å². The molecule has 0 unspecified atom stereocenters. The zero-order valence-electron chi connectivity index (χ0n) is 20.8. The Hall–Kier alpha value is -4.29. The molecule has 0 saturated heterocycles. The number of carbonyl (C=O) groups excluding carboxylic acids is 2. The molecule has 2 heterocycles. The Morgan fingerprint density at radius 3 is 2.59 bits per heavy atom. The molecular formula is C28H26N4O4S. The monoisotopic (exact) mass is 514 g/mol. The van der Waals surface area contributed by atoms with E-state index in [0.29, 0.717) is 40.3 Å². The molecule has 2 aromatic carbocycles. The van der Waals surface area contributed by atoms with Crippen LogP contribution < -0.4 is 10.1 Å². The van der Waals surface area contributed by atoms with Gasteiger partial charge in [0.05, 0.1) is 29.9 Å². The number of nitrogens with zero attached hydrogens (tertiary/aromatic N) is 3. The summed E-state index contributed by atoms with van der Waals surface area (Å²) in [6.45, 7) is 6.43. The number of ether oxygens (including phenoxy) is 2. The smallest absolute Gasteiger partial charge is 0.311 e. The fraction of sp³-hybridized carbons (Fsp3) is 0.250. The van der Waals surface area contributed by atoms with Gasteiger partial charge in [-0.3, -0.25) is 14.9 Å². The number of thiazole rings is 1. The van der Waals surface area contributed by atoms with E-state index in [1.807, 2.05) is 30.3 Å². The first-order chi connectivity index (χ1) is 17.9. The molecule has 1 amide bonds. The van der Waals surface area contributed by atoms with E-state index in [1.165, 1.54) is 16.9 Å². The SMILES string of the molecule is C#CCOc1ccc2nc(C(=O)Nc3nc(CC(=O)OCC)cs3)nc(-c3ccc(C(C)C)cc3)c2c1. The molecule has 4 aromatic rings. The van der Waals surface area contributed by atoms with Gasteiger partial charge in [-0.05, 0) is 36.6 Å². The Morgan fingerprint density at radius 2 is 1.89 bits per heavy atom. The van der Waals surface area contributed by atoms with Crippen LogP contribution in [-0.2, 0) is 16.0 Å². The number of aromatic nitrogens is 3. The average Bonchev–Trinajstić information content (AvgIpc) is 3.33. The van der Waals surface area contributed by atoms with Crippen molar-refractivity contribution in [2.24, 2.45) is 0 Å². The van der Waals surface area contributed by atoms with Crippen LogP contribution in [0.25, 0.3) is 22.2 Å². The van der Waals surface area contributed by atoms with Crippen molar-refractivity contribution in [3.8, 4) is 29.4 Å². The molecule has 0 fully saturated rings. The first-order valence-corrected chi connectivity index (χ1v) is 12.7. The quantitative estimate of drug-likeness (QED) is 0.240. The molecule has 0 radical (unpaired) electrons. The predicted octanol–water partition coefficient (Wildman–Crippen LogP) is 5.25. The van der Waals surface area contributed by atoms with Crippen LogP contribution in [0.15, 0.2) is 47.8 Å². The van der Waals surface area contributed by atoms with Gasteiger partial charge in [-0.25, -0.2) is 15.0 Å². The standard InChI is InChI=1S/C28H26N4O4S/c1-5-13-36-21-11-12-23-22(15-21)25(19-9-7-18(8-10-19)17(3)4)31-26(30-23)27(34)32-28-29-20(16-37-28)14-24(33)35-6-2/h1,7-12,15-17H,6,13-14H2,2-4H3,(H,29,32,34). The molecule has 0 spiro atoms. The number of terminal acetylenes is 1. The Balaban J connectivity index is 1.68. The molecule has 1 N–H and O–H groups in total.